The Morgan fingerprint density at radius 1 is 1.17 bits per heavy atom. The molecule has 0 atom stereocenters. The first kappa shape index (κ1) is 19.6. The topological polar surface area (TPSA) is 94.7 Å². The lowest BCUT2D eigenvalue weighted by atomic mass is 10.1. The molecule has 3 aromatic heterocycles. The lowest BCUT2D eigenvalue weighted by Gasteiger charge is -2.08. The second-order valence-corrected chi connectivity index (χ2v) is 7.58. The number of hydrogen-bond acceptors (Lipinski definition) is 6. The molecule has 1 amide bonds. The highest BCUT2D eigenvalue weighted by Crippen LogP contribution is 2.23. The smallest absolute Gasteiger partial charge is 0.350 e. The summed E-state index contributed by atoms with van der Waals surface area (Å²) in [5, 5.41) is 8.78. The molecule has 0 aliphatic rings. The van der Waals surface area contributed by atoms with Gasteiger partial charge < -0.3 is 14.6 Å². The van der Waals surface area contributed by atoms with Crippen LogP contribution >= 0.6 is 11.3 Å². The van der Waals surface area contributed by atoms with Gasteiger partial charge in [-0.05, 0) is 24.4 Å². The second kappa shape index (κ2) is 7.96. The molecule has 0 saturated heterocycles. The fourth-order valence-electron chi connectivity index (χ4n) is 3.02. The van der Waals surface area contributed by atoms with E-state index in [0.29, 0.717) is 21.8 Å². The zero-order chi connectivity index (χ0) is 21.3. The van der Waals surface area contributed by atoms with Crippen LogP contribution in [0.15, 0.2) is 59.0 Å². The van der Waals surface area contributed by atoms with E-state index in [1.807, 2.05) is 31.2 Å². The number of ether oxygens (including phenoxy) is 1. The van der Waals surface area contributed by atoms with Crippen molar-refractivity contribution in [3.8, 4) is 11.3 Å². The van der Waals surface area contributed by atoms with Crippen LogP contribution in [0.25, 0.3) is 16.8 Å². The fourth-order valence-corrected chi connectivity index (χ4v) is 3.78. The van der Waals surface area contributed by atoms with Gasteiger partial charge in [0.05, 0.1) is 18.5 Å². The Hall–Kier alpha value is -3.72. The third-order valence-electron chi connectivity index (χ3n) is 4.57. The van der Waals surface area contributed by atoms with E-state index in [4.69, 9.17) is 4.74 Å². The van der Waals surface area contributed by atoms with Gasteiger partial charge in [0.1, 0.15) is 16.9 Å². The summed E-state index contributed by atoms with van der Waals surface area (Å²) in [6.45, 7) is 1.80. The van der Waals surface area contributed by atoms with Gasteiger partial charge in [-0.1, -0.05) is 29.8 Å². The number of esters is 1. The van der Waals surface area contributed by atoms with E-state index >= 15 is 0 Å². The van der Waals surface area contributed by atoms with E-state index in [1.165, 1.54) is 33.7 Å². The van der Waals surface area contributed by atoms with Crippen molar-refractivity contribution in [2.45, 2.75) is 13.5 Å². The quantitative estimate of drug-likeness (QED) is 0.499. The molecule has 0 saturated carbocycles. The van der Waals surface area contributed by atoms with E-state index in [-0.39, 0.29) is 12.1 Å². The zero-order valence-electron chi connectivity index (χ0n) is 16.3. The number of nitrogens with zero attached hydrogens (tertiary/aromatic N) is 3. The first-order valence-corrected chi connectivity index (χ1v) is 9.96. The van der Waals surface area contributed by atoms with E-state index in [0.717, 1.165) is 11.1 Å². The molecule has 0 bridgehead atoms. The largest absolute Gasteiger partial charge is 0.465 e. The van der Waals surface area contributed by atoms with E-state index in [1.54, 1.807) is 23.7 Å². The molecule has 3 heterocycles. The molecule has 8 nitrogen and oxygen atoms in total. The van der Waals surface area contributed by atoms with Crippen molar-refractivity contribution in [2.75, 3.05) is 12.4 Å². The summed E-state index contributed by atoms with van der Waals surface area (Å²) in [6, 6.07) is 11.2. The van der Waals surface area contributed by atoms with Gasteiger partial charge in [-0.3, -0.25) is 9.59 Å². The summed E-state index contributed by atoms with van der Waals surface area (Å²) in [6.07, 6.45) is 3.14. The Kier molecular flexibility index (Phi) is 5.20. The third-order valence-corrected chi connectivity index (χ3v) is 5.47. The maximum absolute atomic E-state index is 12.8. The van der Waals surface area contributed by atoms with Crippen LogP contribution in [0.1, 0.15) is 15.2 Å². The van der Waals surface area contributed by atoms with Gasteiger partial charge >= 0.3 is 5.97 Å². The minimum atomic E-state index is -0.526. The molecule has 4 rings (SSSR count). The van der Waals surface area contributed by atoms with Crippen LogP contribution in [0, 0.1) is 6.92 Å². The SMILES string of the molecule is COC(=O)c1sccc1NC(=O)Cn1ccn2nc(-c3ccc(C)cc3)cc2c1=O. The summed E-state index contributed by atoms with van der Waals surface area (Å²) in [7, 11) is 1.28. The highest BCUT2D eigenvalue weighted by atomic mass is 32.1. The molecular formula is C21H18N4O4S. The van der Waals surface area contributed by atoms with Crippen molar-refractivity contribution in [2.24, 2.45) is 0 Å². The molecule has 152 valence electrons. The summed E-state index contributed by atoms with van der Waals surface area (Å²) < 4.78 is 7.50. The summed E-state index contributed by atoms with van der Waals surface area (Å²) in [5.74, 6) is -0.954. The van der Waals surface area contributed by atoms with Crippen LogP contribution in [0.3, 0.4) is 0 Å². The maximum Gasteiger partial charge on any atom is 0.350 e. The number of fused-ring (bicyclic) bond motifs is 1. The Morgan fingerprint density at radius 3 is 2.67 bits per heavy atom. The highest BCUT2D eigenvalue weighted by molar-refractivity contribution is 7.12. The number of aromatic nitrogens is 3. The molecule has 0 spiro atoms. The number of nitrogens with one attached hydrogen (secondary N) is 1. The molecular weight excluding hydrogens is 404 g/mol. The van der Waals surface area contributed by atoms with Crippen LogP contribution < -0.4 is 10.9 Å². The Morgan fingerprint density at radius 2 is 1.93 bits per heavy atom. The Labute approximate surface area is 175 Å². The second-order valence-electron chi connectivity index (χ2n) is 6.66. The number of carbonyl (C=O) groups is 2. The summed E-state index contributed by atoms with van der Waals surface area (Å²) in [4.78, 5) is 37.3. The average molecular weight is 422 g/mol. The number of aryl methyl sites for hydroxylation is 1. The van der Waals surface area contributed by atoms with Gasteiger partial charge in [-0.15, -0.1) is 11.3 Å². The zero-order valence-corrected chi connectivity index (χ0v) is 17.1. The van der Waals surface area contributed by atoms with Crippen molar-refractivity contribution in [3.63, 3.8) is 0 Å². The van der Waals surface area contributed by atoms with Gasteiger partial charge in [-0.2, -0.15) is 5.10 Å². The van der Waals surface area contributed by atoms with Gasteiger partial charge in [0, 0.05) is 18.0 Å². The lowest BCUT2D eigenvalue weighted by molar-refractivity contribution is -0.116. The Balaban J connectivity index is 1.58. The van der Waals surface area contributed by atoms with Gasteiger partial charge in [-0.25, -0.2) is 9.31 Å². The third kappa shape index (κ3) is 3.74. The number of thiophene rings is 1. The van der Waals surface area contributed by atoms with E-state index < -0.39 is 11.9 Å². The first-order chi connectivity index (χ1) is 14.5. The minimum absolute atomic E-state index is 0.198. The molecule has 1 N–H and O–H groups in total. The molecule has 4 aromatic rings. The number of rotatable bonds is 5. The fraction of sp³-hybridized carbons (Fsp3) is 0.143. The molecule has 0 aliphatic heterocycles. The number of benzene rings is 1. The van der Waals surface area contributed by atoms with Crippen molar-refractivity contribution in [1.82, 2.24) is 14.2 Å². The standard InChI is InChI=1S/C21H18N4O4S/c1-13-3-5-14(6-4-13)16-11-17-20(27)24(8-9-25(17)23-16)12-18(26)22-15-7-10-30-19(15)21(28)29-2/h3-11H,12H2,1-2H3,(H,22,26). The number of methoxy groups -OCH3 is 1. The summed E-state index contributed by atoms with van der Waals surface area (Å²) >= 11 is 1.17. The monoisotopic (exact) mass is 422 g/mol. The van der Waals surface area contributed by atoms with Crippen molar-refractivity contribution in [1.29, 1.82) is 0 Å². The number of anilines is 1. The Bertz CT molecular complexity index is 1300. The average Bonchev–Trinajstić information content (AvgIpc) is 3.37. The molecule has 0 unspecified atom stereocenters. The van der Waals surface area contributed by atoms with E-state index in [9.17, 15) is 14.4 Å². The molecule has 1 aromatic carbocycles. The predicted molar refractivity (Wildman–Crippen MR) is 114 cm³/mol. The van der Waals surface area contributed by atoms with Crippen LogP contribution in [-0.2, 0) is 16.1 Å². The van der Waals surface area contributed by atoms with Crippen LogP contribution in [0.5, 0.6) is 0 Å². The van der Waals surface area contributed by atoms with Crippen LogP contribution in [0.4, 0.5) is 5.69 Å². The lowest BCUT2D eigenvalue weighted by Crippen LogP contribution is -2.28. The highest BCUT2D eigenvalue weighted by Gasteiger charge is 2.16. The molecule has 0 aliphatic carbocycles. The molecule has 0 radical (unpaired) electrons. The van der Waals surface area contributed by atoms with Crippen molar-refractivity contribution in [3.05, 3.63) is 75.0 Å². The van der Waals surface area contributed by atoms with Gasteiger partial charge in [0.25, 0.3) is 5.56 Å². The number of carbonyl (C=O) groups excluding carboxylic acids is 2. The molecule has 9 heteroatoms. The van der Waals surface area contributed by atoms with Crippen LogP contribution in [0.2, 0.25) is 0 Å². The van der Waals surface area contributed by atoms with E-state index in [2.05, 4.69) is 10.4 Å². The van der Waals surface area contributed by atoms with Gasteiger partial charge in [0.2, 0.25) is 5.91 Å². The minimum Gasteiger partial charge on any atom is -0.465 e. The predicted octanol–water partition coefficient (Wildman–Crippen LogP) is 2.96. The maximum atomic E-state index is 12.8. The van der Waals surface area contributed by atoms with Crippen LogP contribution in [-0.4, -0.2) is 33.2 Å². The number of hydrogen-bond donors (Lipinski definition) is 1. The molecule has 30 heavy (non-hydrogen) atoms. The van der Waals surface area contributed by atoms with Gasteiger partial charge in [0.15, 0.2) is 0 Å². The summed E-state index contributed by atoms with van der Waals surface area (Å²) in [5.41, 5.74) is 3.11. The first-order valence-electron chi connectivity index (χ1n) is 9.08. The molecule has 0 fully saturated rings. The number of amides is 1. The van der Waals surface area contributed by atoms with Crippen molar-refractivity contribution < 1.29 is 14.3 Å². The van der Waals surface area contributed by atoms with Crippen molar-refractivity contribution >= 4 is 34.4 Å². The normalized spacial score (nSPS) is 10.9.